The van der Waals surface area contributed by atoms with Gasteiger partial charge in [-0.15, -0.1) is 0 Å². The van der Waals surface area contributed by atoms with Crippen molar-refractivity contribution in [3.63, 3.8) is 0 Å². The van der Waals surface area contributed by atoms with Crippen LogP contribution < -0.4 is 5.32 Å². The lowest BCUT2D eigenvalue weighted by atomic mass is 10.0. The number of nitrogens with zero attached hydrogens (tertiary/aromatic N) is 1. The fraction of sp³-hybridized carbons (Fsp3) is 0.545. The molecule has 0 radical (unpaired) electrons. The molecule has 1 N–H and O–H groups in total. The zero-order valence-corrected chi connectivity index (χ0v) is 12.1. The summed E-state index contributed by atoms with van der Waals surface area (Å²) >= 11 is 4.32. The molecule has 18 heavy (non-hydrogen) atoms. The lowest BCUT2D eigenvalue weighted by Gasteiger charge is -2.13. The minimum atomic E-state index is -0.478. The van der Waals surface area contributed by atoms with E-state index in [2.05, 4.69) is 21.2 Å². The number of nitro groups is 1. The highest BCUT2D eigenvalue weighted by Crippen LogP contribution is 2.48. The van der Waals surface area contributed by atoms with Gasteiger partial charge in [-0.05, 0) is 30.7 Å². The third-order valence-electron chi connectivity index (χ3n) is 3.20. The first-order valence-electron chi connectivity index (χ1n) is 5.65. The lowest BCUT2D eigenvalue weighted by Crippen LogP contribution is -2.29. The molecule has 98 valence electrons. The maximum Gasteiger partial charge on any atom is 0.324 e. The number of amides is 1. The van der Waals surface area contributed by atoms with Crippen LogP contribution in [0.5, 0.6) is 0 Å². The Kier molecular flexibility index (Phi) is 4.01. The van der Waals surface area contributed by atoms with E-state index in [1.165, 1.54) is 12.1 Å². The van der Waals surface area contributed by atoms with Crippen LogP contribution in [0.3, 0.4) is 0 Å². The molecule has 1 aromatic heterocycles. The number of alkyl halides is 1. The molecule has 5 nitrogen and oxygen atoms in total. The van der Waals surface area contributed by atoms with Crippen molar-refractivity contribution in [3.8, 4) is 0 Å². The Balaban J connectivity index is 1.89. The Bertz CT molecular complexity index is 471. The Morgan fingerprint density at radius 2 is 2.28 bits per heavy atom. The summed E-state index contributed by atoms with van der Waals surface area (Å²) in [4.78, 5) is 22.3. The first-order chi connectivity index (χ1) is 8.56. The number of hydrogen-bond acceptors (Lipinski definition) is 4. The smallest absolute Gasteiger partial charge is 0.324 e. The van der Waals surface area contributed by atoms with Crippen molar-refractivity contribution in [3.05, 3.63) is 27.1 Å². The molecule has 1 amide bonds. The SMILES string of the molecule is O=C(NCC1(CCBr)CC1)c1ccc([N+](=O)[O-])s1. The quantitative estimate of drug-likeness (QED) is 0.494. The Hall–Kier alpha value is -0.950. The van der Waals surface area contributed by atoms with E-state index in [9.17, 15) is 14.9 Å². The molecule has 7 heteroatoms. The molecular weight excluding hydrogens is 320 g/mol. The van der Waals surface area contributed by atoms with E-state index >= 15 is 0 Å². The van der Waals surface area contributed by atoms with Crippen molar-refractivity contribution in [2.24, 2.45) is 5.41 Å². The van der Waals surface area contributed by atoms with Crippen LogP contribution >= 0.6 is 27.3 Å². The molecule has 1 aliphatic rings. The van der Waals surface area contributed by atoms with Crippen molar-refractivity contribution in [1.29, 1.82) is 0 Å². The van der Waals surface area contributed by atoms with E-state index in [0.29, 0.717) is 11.4 Å². The van der Waals surface area contributed by atoms with Gasteiger partial charge in [0.25, 0.3) is 5.91 Å². The molecule has 0 spiro atoms. The van der Waals surface area contributed by atoms with Gasteiger partial charge in [0.2, 0.25) is 0 Å². The fourth-order valence-corrected chi connectivity index (χ4v) is 3.37. The second kappa shape index (κ2) is 5.36. The molecule has 2 rings (SSSR count). The average Bonchev–Trinajstić information content (AvgIpc) is 2.92. The predicted molar refractivity (Wildman–Crippen MR) is 73.4 cm³/mol. The zero-order chi connectivity index (χ0) is 13.2. The molecule has 0 bridgehead atoms. The van der Waals surface area contributed by atoms with Crippen LogP contribution in [-0.4, -0.2) is 22.7 Å². The highest BCUT2D eigenvalue weighted by atomic mass is 79.9. The lowest BCUT2D eigenvalue weighted by molar-refractivity contribution is -0.380. The van der Waals surface area contributed by atoms with Gasteiger partial charge in [0, 0.05) is 17.9 Å². The summed E-state index contributed by atoms with van der Waals surface area (Å²) in [6.45, 7) is 0.656. The van der Waals surface area contributed by atoms with Crippen molar-refractivity contribution in [1.82, 2.24) is 5.32 Å². The van der Waals surface area contributed by atoms with Crippen LogP contribution in [0.2, 0.25) is 0 Å². The molecule has 0 aromatic carbocycles. The molecule has 1 fully saturated rings. The number of halogens is 1. The standard InChI is InChI=1S/C11H13BrN2O3S/c12-6-5-11(3-4-11)7-13-10(15)8-1-2-9(18-8)14(16)17/h1-2H,3-7H2,(H,13,15). The van der Waals surface area contributed by atoms with E-state index in [1.54, 1.807) is 0 Å². The van der Waals surface area contributed by atoms with Crippen LogP contribution in [0.25, 0.3) is 0 Å². The van der Waals surface area contributed by atoms with Gasteiger partial charge in [0.1, 0.15) is 0 Å². The van der Waals surface area contributed by atoms with E-state index in [1.807, 2.05) is 0 Å². The van der Waals surface area contributed by atoms with Crippen molar-refractivity contribution >= 4 is 38.2 Å². The molecule has 0 atom stereocenters. The molecule has 1 heterocycles. The fourth-order valence-electron chi connectivity index (χ4n) is 1.80. The molecule has 0 unspecified atom stereocenters. The van der Waals surface area contributed by atoms with Gasteiger partial charge in [-0.2, -0.15) is 0 Å². The molecular formula is C11H13BrN2O3S. The highest BCUT2D eigenvalue weighted by Gasteiger charge is 2.41. The van der Waals surface area contributed by atoms with Gasteiger partial charge in [-0.25, -0.2) is 0 Å². The van der Waals surface area contributed by atoms with Gasteiger partial charge in [0.05, 0.1) is 9.80 Å². The van der Waals surface area contributed by atoms with Crippen molar-refractivity contribution < 1.29 is 9.72 Å². The summed E-state index contributed by atoms with van der Waals surface area (Å²) in [6.07, 6.45) is 3.34. The number of thiophene rings is 1. The molecule has 1 saturated carbocycles. The first kappa shape index (κ1) is 13.5. The van der Waals surface area contributed by atoms with Crippen LogP contribution in [0, 0.1) is 15.5 Å². The van der Waals surface area contributed by atoms with E-state index in [4.69, 9.17) is 0 Å². The molecule has 0 aliphatic heterocycles. The van der Waals surface area contributed by atoms with Crippen molar-refractivity contribution in [2.45, 2.75) is 19.3 Å². The third kappa shape index (κ3) is 3.08. The summed E-state index contributed by atoms with van der Waals surface area (Å²) in [5.74, 6) is -0.214. The first-order valence-corrected chi connectivity index (χ1v) is 7.58. The largest absolute Gasteiger partial charge is 0.351 e. The van der Waals surface area contributed by atoms with Crippen LogP contribution in [0.15, 0.2) is 12.1 Å². The maximum atomic E-state index is 11.8. The van der Waals surface area contributed by atoms with Gasteiger partial charge in [0.15, 0.2) is 0 Å². The number of carbonyl (C=O) groups excluding carboxylic acids is 1. The summed E-state index contributed by atoms with van der Waals surface area (Å²) in [5, 5.41) is 14.3. The van der Waals surface area contributed by atoms with E-state index in [-0.39, 0.29) is 16.3 Å². The number of hydrogen-bond donors (Lipinski definition) is 1. The molecule has 1 aliphatic carbocycles. The normalized spacial score (nSPS) is 16.3. The summed E-state index contributed by atoms with van der Waals surface area (Å²) in [5.41, 5.74) is 0.252. The Morgan fingerprint density at radius 1 is 1.56 bits per heavy atom. The number of carbonyl (C=O) groups is 1. The summed E-state index contributed by atoms with van der Waals surface area (Å²) in [6, 6.07) is 2.87. The predicted octanol–water partition coefficient (Wildman–Crippen LogP) is 2.95. The molecule has 1 aromatic rings. The topological polar surface area (TPSA) is 72.2 Å². The average molecular weight is 333 g/mol. The van der Waals surface area contributed by atoms with Gasteiger partial charge >= 0.3 is 5.00 Å². The van der Waals surface area contributed by atoms with Gasteiger partial charge < -0.3 is 5.32 Å². The molecule has 0 saturated heterocycles. The minimum absolute atomic E-state index is 0.00161. The Labute approximate surface area is 117 Å². The third-order valence-corrected chi connectivity index (χ3v) is 4.63. The van der Waals surface area contributed by atoms with E-state index in [0.717, 1.165) is 35.9 Å². The van der Waals surface area contributed by atoms with E-state index < -0.39 is 4.92 Å². The van der Waals surface area contributed by atoms with Crippen LogP contribution in [-0.2, 0) is 0 Å². The van der Waals surface area contributed by atoms with Crippen LogP contribution in [0.4, 0.5) is 5.00 Å². The maximum absolute atomic E-state index is 11.8. The van der Waals surface area contributed by atoms with Gasteiger partial charge in [-0.1, -0.05) is 27.3 Å². The summed E-state index contributed by atoms with van der Waals surface area (Å²) in [7, 11) is 0. The zero-order valence-electron chi connectivity index (χ0n) is 9.65. The monoisotopic (exact) mass is 332 g/mol. The minimum Gasteiger partial charge on any atom is -0.351 e. The number of nitrogens with one attached hydrogen (secondary N) is 1. The summed E-state index contributed by atoms with van der Waals surface area (Å²) < 4.78 is 0. The highest BCUT2D eigenvalue weighted by molar-refractivity contribution is 9.09. The second-order valence-electron chi connectivity index (χ2n) is 4.52. The van der Waals surface area contributed by atoms with Crippen LogP contribution in [0.1, 0.15) is 28.9 Å². The van der Waals surface area contributed by atoms with Gasteiger partial charge in [-0.3, -0.25) is 14.9 Å². The Morgan fingerprint density at radius 3 is 2.78 bits per heavy atom. The number of rotatable bonds is 6. The van der Waals surface area contributed by atoms with Crippen molar-refractivity contribution in [2.75, 3.05) is 11.9 Å². The second-order valence-corrected chi connectivity index (χ2v) is 6.37.